The quantitative estimate of drug-likeness (QED) is 0.611. The van der Waals surface area contributed by atoms with Gasteiger partial charge in [-0.3, -0.25) is 14.5 Å². The van der Waals surface area contributed by atoms with Crippen LogP contribution in [0.4, 0.5) is 0 Å². The molecule has 2 amide bonds. The standard InChI is InChI=1S/C26H37N5O3/c1-18(17-32)28(3)24(20-8-6-5-7-9-20)26(34)31-14-12-30(13-15-31)25(33)21-10-11-22-23(16-21)29(4)19(2)27-22/h10-11,16-18,20,24H,5-9,12-15H2,1-4H3. The lowest BCUT2D eigenvalue weighted by Gasteiger charge is -2.42. The molecule has 2 aliphatic rings. The van der Waals surface area contributed by atoms with Gasteiger partial charge in [0.2, 0.25) is 5.91 Å². The average molecular weight is 468 g/mol. The number of imidazole rings is 1. The lowest BCUT2D eigenvalue weighted by Crippen LogP contribution is -2.58. The summed E-state index contributed by atoms with van der Waals surface area (Å²) in [6.45, 7) is 5.86. The van der Waals surface area contributed by atoms with Gasteiger partial charge in [-0.05, 0) is 57.9 Å². The number of nitrogens with zero attached hydrogens (tertiary/aromatic N) is 5. The number of hydrogen-bond acceptors (Lipinski definition) is 5. The van der Waals surface area contributed by atoms with E-state index in [4.69, 9.17) is 0 Å². The summed E-state index contributed by atoms with van der Waals surface area (Å²) < 4.78 is 1.99. The number of carbonyl (C=O) groups is 3. The monoisotopic (exact) mass is 467 g/mol. The molecule has 4 rings (SSSR count). The molecule has 2 fully saturated rings. The largest absolute Gasteiger partial charge is 0.338 e. The van der Waals surface area contributed by atoms with Gasteiger partial charge in [-0.15, -0.1) is 0 Å². The average Bonchev–Trinajstić information content (AvgIpc) is 3.16. The Bertz CT molecular complexity index is 1050. The van der Waals surface area contributed by atoms with E-state index in [0.717, 1.165) is 48.8 Å². The van der Waals surface area contributed by atoms with E-state index >= 15 is 0 Å². The van der Waals surface area contributed by atoms with Crippen molar-refractivity contribution in [3.05, 3.63) is 29.6 Å². The Labute approximate surface area is 201 Å². The van der Waals surface area contributed by atoms with Gasteiger partial charge >= 0.3 is 0 Å². The van der Waals surface area contributed by atoms with Crippen molar-refractivity contribution in [2.24, 2.45) is 13.0 Å². The Morgan fingerprint density at radius 3 is 2.38 bits per heavy atom. The number of carbonyl (C=O) groups excluding carboxylic acids is 3. The van der Waals surface area contributed by atoms with E-state index in [1.165, 1.54) is 6.42 Å². The summed E-state index contributed by atoms with van der Waals surface area (Å²) in [6, 6.07) is 5.06. The molecule has 1 aromatic heterocycles. The van der Waals surface area contributed by atoms with Gasteiger partial charge in [-0.1, -0.05) is 19.3 Å². The van der Waals surface area contributed by atoms with Gasteiger partial charge in [0.1, 0.15) is 12.1 Å². The van der Waals surface area contributed by atoms with Crippen LogP contribution >= 0.6 is 0 Å². The van der Waals surface area contributed by atoms with Crippen LogP contribution < -0.4 is 0 Å². The van der Waals surface area contributed by atoms with Crippen molar-refractivity contribution in [3.63, 3.8) is 0 Å². The zero-order valence-corrected chi connectivity index (χ0v) is 20.9. The highest BCUT2D eigenvalue weighted by Crippen LogP contribution is 2.30. The first-order chi connectivity index (χ1) is 16.3. The minimum absolute atomic E-state index is 0.0108. The molecule has 1 aliphatic carbocycles. The first-order valence-corrected chi connectivity index (χ1v) is 12.5. The molecule has 1 saturated carbocycles. The summed E-state index contributed by atoms with van der Waals surface area (Å²) in [5.74, 6) is 1.28. The third-order valence-corrected chi connectivity index (χ3v) is 7.86. The van der Waals surface area contributed by atoms with Crippen LogP contribution in [-0.4, -0.2) is 87.7 Å². The second kappa shape index (κ2) is 10.3. The van der Waals surface area contributed by atoms with Crippen molar-refractivity contribution in [1.82, 2.24) is 24.3 Å². The maximum absolute atomic E-state index is 13.6. The number of aldehydes is 1. The maximum atomic E-state index is 13.6. The maximum Gasteiger partial charge on any atom is 0.254 e. The smallest absolute Gasteiger partial charge is 0.254 e. The van der Waals surface area contributed by atoms with Gasteiger partial charge in [0.25, 0.3) is 5.91 Å². The molecule has 0 spiro atoms. The van der Waals surface area contributed by atoms with E-state index in [0.29, 0.717) is 31.7 Å². The molecule has 2 atom stereocenters. The number of likely N-dealkylation sites (N-methyl/N-ethyl adjacent to an activating group) is 1. The second-order valence-corrected chi connectivity index (χ2v) is 9.92. The third kappa shape index (κ3) is 4.73. The summed E-state index contributed by atoms with van der Waals surface area (Å²) >= 11 is 0. The minimum atomic E-state index is -0.302. The number of aryl methyl sites for hydroxylation is 2. The van der Waals surface area contributed by atoms with Gasteiger partial charge in [0.05, 0.1) is 23.1 Å². The first-order valence-electron chi connectivity index (χ1n) is 12.5. The van der Waals surface area contributed by atoms with Gasteiger partial charge < -0.3 is 19.2 Å². The van der Waals surface area contributed by atoms with Crippen molar-refractivity contribution < 1.29 is 14.4 Å². The summed E-state index contributed by atoms with van der Waals surface area (Å²) in [5, 5.41) is 0. The van der Waals surface area contributed by atoms with E-state index in [-0.39, 0.29) is 29.8 Å². The van der Waals surface area contributed by atoms with Crippen LogP contribution in [0.3, 0.4) is 0 Å². The Balaban J connectivity index is 1.44. The molecular formula is C26H37N5O3. The molecule has 1 aliphatic heterocycles. The van der Waals surface area contributed by atoms with Crippen LogP contribution in [-0.2, 0) is 16.6 Å². The van der Waals surface area contributed by atoms with Crippen LogP contribution in [0.1, 0.15) is 55.2 Å². The van der Waals surface area contributed by atoms with Crippen LogP contribution in [0.25, 0.3) is 11.0 Å². The fourth-order valence-electron chi connectivity index (χ4n) is 5.45. The number of rotatable bonds is 6. The van der Waals surface area contributed by atoms with Crippen LogP contribution in [0.2, 0.25) is 0 Å². The molecule has 0 radical (unpaired) electrons. The van der Waals surface area contributed by atoms with E-state index < -0.39 is 0 Å². The number of aromatic nitrogens is 2. The van der Waals surface area contributed by atoms with Crippen LogP contribution in [0.5, 0.6) is 0 Å². The summed E-state index contributed by atoms with van der Waals surface area (Å²) in [4.78, 5) is 48.5. The highest BCUT2D eigenvalue weighted by atomic mass is 16.2. The molecule has 2 heterocycles. The van der Waals surface area contributed by atoms with Gasteiger partial charge in [0, 0.05) is 38.8 Å². The number of piperazine rings is 1. The molecule has 1 aromatic carbocycles. The van der Waals surface area contributed by atoms with Crippen molar-refractivity contribution in [1.29, 1.82) is 0 Å². The Kier molecular flexibility index (Phi) is 7.36. The number of hydrogen-bond donors (Lipinski definition) is 0. The topological polar surface area (TPSA) is 78.8 Å². The Hall–Kier alpha value is -2.74. The van der Waals surface area contributed by atoms with Crippen molar-refractivity contribution in [2.45, 2.75) is 58.0 Å². The number of amides is 2. The lowest BCUT2D eigenvalue weighted by molar-refractivity contribution is -0.142. The zero-order valence-electron chi connectivity index (χ0n) is 20.9. The molecule has 184 valence electrons. The normalized spacial score (nSPS) is 19.4. The Morgan fingerprint density at radius 2 is 1.74 bits per heavy atom. The van der Waals surface area contributed by atoms with Crippen molar-refractivity contribution in [2.75, 3.05) is 33.2 Å². The summed E-state index contributed by atoms with van der Waals surface area (Å²) in [7, 11) is 3.85. The van der Waals surface area contributed by atoms with Crippen molar-refractivity contribution in [3.8, 4) is 0 Å². The highest BCUT2D eigenvalue weighted by molar-refractivity contribution is 5.97. The van der Waals surface area contributed by atoms with Crippen LogP contribution in [0, 0.1) is 12.8 Å². The third-order valence-electron chi connectivity index (χ3n) is 7.86. The van der Waals surface area contributed by atoms with E-state index in [1.807, 2.05) is 65.4 Å². The van der Waals surface area contributed by atoms with Crippen LogP contribution in [0.15, 0.2) is 18.2 Å². The number of fused-ring (bicyclic) bond motifs is 1. The molecule has 0 N–H and O–H groups in total. The summed E-state index contributed by atoms with van der Waals surface area (Å²) in [6.07, 6.45) is 6.47. The fraction of sp³-hybridized carbons (Fsp3) is 0.615. The highest BCUT2D eigenvalue weighted by Gasteiger charge is 2.38. The molecular weight excluding hydrogens is 430 g/mol. The Morgan fingerprint density at radius 1 is 1.09 bits per heavy atom. The molecule has 2 aromatic rings. The fourth-order valence-corrected chi connectivity index (χ4v) is 5.45. The van der Waals surface area contributed by atoms with E-state index in [1.54, 1.807) is 0 Å². The molecule has 0 bridgehead atoms. The molecule has 2 unspecified atom stereocenters. The minimum Gasteiger partial charge on any atom is -0.338 e. The van der Waals surface area contributed by atoms with Gasteiger partial charge in [0.15, 0.2) is 0 Å². The first kappa shape index (κ1) is 24.4. The predicted octanol–water partition coefficient (Wildman–Crippen LogP) is 2.63. The second-order valence-electron chi connectivity index (χ2n) is 9.92. The predicted molar refractivity (Wildman–Crippen MR) is 132 cm³/mol. The molecule has 34 heavy (non-hydrogen) atoms. The van der Waals surface area contributed by atoms with Gasteiger partial charge in [-0.25, -0.2) is 4.98 Å². The van der Waals surface area contributed by atoms with E-state index in [2.05, 4.69) is 4.98 Å². The summed E-state index contributed by atoms with van der Waals surface area (Å²) in [5.41, 5.74) is 2.48. The molecule has 1 saturated heterocycles. The lowest BCUT2D eigenvalue weighted by atomic mass is 9.82. The molecule has 8 nitrogen and oxygen atoms in total. The van der Waals surface area contributed by atoms with Crippen molar-refractivity contribution >= 4 is 29.1 Å². The molecule has 8 heteroatoms. The number of benzene rings is 1. The zero-order chi connectivity index (χ0) is 24.4. The van der Waals surface area contributed by atoms with E-state index in [9.17, 15) is 14.4 Å². The SMILES string of the molecule is Cc1nc2ccc(C(=O)N3CCN(C(=O)C(C4CCCCC4)N(C)C(C)C=O)CC3)cc2n1C. The van der Waals surface area contributed by atoms with Gasteiger partial charge in [-0.2, -0.15) is 0 Å².